The van der Waals surface area contributed by atoms with Gasteiger partial charge in [0.15, 0.2) is 17.5 Å². The number of rotatable bonds is 9. The van der Waals surface area contributed by atoms with E-state index in [9.17, 15) is 0 Å². The fourth-order valence-corrected chi connectivity index (χ4v) is 5.84. The van der Waals surface area contributed by atoms with Crippen LogP contribution < -0.4 is 16.0 Å². The van der Waals surface area contributed by atoms with Gasteiger partial charge in [-0.05, 0) is 88.0 Å². The van der Waals surface area contributed by atoms with Crippen molar-refractivity contribution in [3.8, 4) is 67.5 Å². The Labute approximate surface area is 281 Å². The molecule has 48 heavy (non-hydrogen) atoms. The van der Waals surface area contributed by atoms with Gasteiger partial charge in [-0.15, -0.1) is 0 Å². The summed E-state index contributed by atoms with van der Waals surface area (Å²) in [6.07, 6.45) is 0. The van der Waals surface area contributed by atoms with E-state index < -0.39 is 0 Å². The van der Waals surface area contributed by atoms with Gasteiger partial charge in [0.05, 0.1) is 0 Å². The summed E-state index contributed by atoms with van der Waals surface area (Å²) >= 11 is 0. The quantitative estimate of drug-likeness (QED) is 0.148. The predicted molar refractivity (Wildman–Crippen MR) is 201 cm³/mol. The van der Waals surface area contributed by atoms with Gasteiger partial charge in [-0.25, -0.2) is 15.0 Å². The van der Waals surface area contributed by atoms with Crippen LogP contribution in [0.2, 0.25) is 0 Å². The van der Waals surface area contributed by atoms with Crippen molar-refractivity contribution >= 4 is 17.1 Å². The summed E-state index contributed by atoms with van der Waals surface area (Å²) in [5, 5.41) is 9.72. The Balaban J connectivity index is 1.37. The first kappa shape index (κ1) is 30.4. The predicted octanol–water partition coefficient (Wildman–Crippen LogP) is 10.00. The summed E-state index contributed by atoms with van der Waals surface area (Å²) in [5.41, 5.74) is 12.6. The van der Waals surface area contributed by atoms with E-state index in [4.69, 9.17) is 15.0 Å². The van der Waals surface area contributed by atoms with Crippen LogP contribution in [0.1, 0.15) is 0 Å². The largest absolute Gasteiger partial charge is 0.388 e. The highest BCUT2D eigenvalue weighted by molar-refractivity contribution is 5.78. The van der Waals surface area contributed by atoms with Gasteiger partial charge in [0, 0.05) is 54.9 Å². The van der Waals surface area contributed by atoms with E-state index in [0.29, 0.717) is 17.5 Å². The molecule has 0 spiro atoms. The standard InChI is InChI=1S/C42H36N6/c1-43-37-19-7-13-31(25-37)28-10-4-16-34(22-28)40-46-41(35-17-5-11-29(23-35)32-14-8-20-38(26-32)44-2)48-42(47-40)36-18-6-12-30(24-36)33-15-9-21-39(27-33)45-3/h4-27,43-45H,1-3H3. The number of aromatic nitrogens is 3. The van der Waals surface area contributed by atoms with Crippen LogP contribution in [0.5, 0.6) is 0 Å². The van der Waals surface area contributed by atoms with Crippen molar-refractivity contribution in [1.82, 2.24) is 15.0 Å². The van der Waals surface area contributed by atoms with Crippen molar-refractivity contribution in [3.63, 3.8) is 0 Å². The van der Waals surface area contributed by atoms with Gasteiger partial charge in [-0.1, -0.05) is 91.0 Å². The van der Waals surface area contributed by atoms with Crippen LogP contribution in [0.3, 0.4) is 0 Å². The molecule has 7 rings (SSSR count). The Hall–Kier alpha value is -6.27. The van der Waals surface area contributed by atoms with E-state index >= 15 is 0 Å². The molecule has 0 aliphatic rings. The average Bonchev–Trinajstić information content (AvgIpc) is 3.18. The molecule has 0 saturated carbocycles. The van der Waals surface area contributed by atoms with E-state index in [-0.39, 0.29) is 0 Å². The second kappa shape index (κ2) is 13.6. The lowest BCUT2D eigenvalue weighted by Crippen LogP contribution is -2.00. The molecule has 1 heterocycles. The maximum absolute atomic E-state index is 5.08. The van der Waals surface area contributed by atoms with Crippen molar-refractivity contribution < 1.29 is 0 Å². The normalized spacial score (nSPS) is 10.8. The van der Waals surface area contributed by atoms with Gasteiger partial charge in [-0.3, -0.25) is 0 Å². The Morgan fingerprint density at radius 2 is 0.521 bits per heavy atom. The van der Waals surface area contributed by atoms with E-state index in [1.807, 2.05) is 21.1 Å². The molecular formula is C42H36N6. The highest BCUT2D eigenvalue weighted by Crippen LogP contribution is 2.32. The van der Waals surface area contributed by atoms with Gasteiger partial charge in [0.25, 0.3) is 0 Å². The smallest absolute Gasteiger partial charge is 0.164 e. The minimum Gasteiger partial charge on any atom is -0.388 e. The van der Waals surface area contributed by atoms with Crippen molar-refractivity contribution in [1.29, 1.82) is 0 Å². The second-order valence-corrected chi connectivity index (χ2v) is 11.5. The number of benzene rings is 6. The van der Waals surface area contributed by atoms with Crippen LogP contribution in [-0.4, -0.2) is 36.1 Å². The van der Waals surface area contributed by atoms with Crippen LogP contribution in [0, 0.1) is 0 Å². The molecule has 0 amide bonds. The molecule has 0 unspecified atom stereocenters. The molecule has 0 saturated heterocycles. The molecule has 0 atom stereocenters. The zero-order valence-corrected chi connectivity index (χ0v) is 27.2. The first-order valence-electron chi connectivity index (χ1n) is 16.0. The topological polar surface area (TPSA) is 74.8 Å². The van der Waals surface area contributed by atoms with Crippen LogP contribution in [0.4, 0.5) is 17.1 Å². The number of anilines is 3. The second-order valence-electron chi connectivity index (χ2n) is 11.5. The summed E-state index contributed by atoms with van der Waals surface area (Å²) in [6.45, 7) is 0. The molecule has 7 aromatic rings. The molecule has 6 nitrogen and oxygen atoms in total. The van der Waals surface area contributed by atoms with Gasteiger partial charge in [0.1, 0.15) is 0 Å². The van der Waals surface area contributed by atoms with Crippen molar-refractivity contribution in [2.24, 2.45) is 0 Å². The Morgan fingerprint density at radius 3 is 0.792 bits per heavy atom. The van der Waals surface area contributed by atoms with Crippen LogP contribution in [0.25, 0.3) is 67.5 Å². The molecule has 234 valence electrons. The van der Waals surface area contributed by atoms with Gasteiger partial charge >= 0.3 is 0 Å². The van der Waals surface area contributed by atoms with Crippen molar-refractivity contribution in [2.75, 3.05) is 37.1 Å². The summed E-state index contributed by atoms with van der Waals surface area (Å²) in [4.78, 5) is 15.3. The van der Waals surface area contributed by atoms with Gasteiger partial charge < -0.3 is 16.0 Å². The molecule has 0 radical (unpaired) electrons. The number of nitrogens with zero attached hydrogens (tertiary/aromatic N) is 3. The van der Waals surface area contributed by atoms with Gasteiger partial charge in [0.2, 0.25) is 0 Å². The molecular weight excluding hydrogens is 589 g/mol. The molecule has 0 aliphatic carbocycles. The third kappa shape index (κ3) is 6.50. The van der Waals surface area contributed by atoms with Crippen molar-refractivity contribution in [2.45, 2.75) is 0 Å². The molecule has 0 fully saturated rings. The molecule has 1 aromatic heterocycles. The SMILES string of the molecule is CNc1cccc(-c2cccc(-c3nc(-c4cccc(-c5cccc(NC)c5)c4)nc(-c4cccc(-c5cccc(NC)c5)c4)n3)c2)c1. The zero-order chi connectivity index (χ0) is 32.9. The first-order chi connectivity index (χ1) is 23.6. The van der Waals surface area contributed by atoms with Crippen LogP contribution in [0.15, 0.2) is 146 Å². The lowest BCUT2D eigenvalue weighted by molar-refractivity contribution is 1.07. The first-order valence-corrected chi connectivity index (χ1v) is 16.0. The summed E-state index contributed by atoms with van der Waals surface area (Å²) in [5.74, 6) is 1.85. The van der Waals surface area contributed by atoms with E-state index in [2.05, 4.69) is 162 Å². The van der Waals surface area contributed by atoms with Gasteiger partial charge in [-0.2, -0.15) is 0 Å². The Morgan fingerprint density at radius 1 is 0.292 bits per heavy atom. The molecule has 0 aliphatic heterocycles. The summed E-state index contributed by atoms with van der Waals surface area (Å²) in [6, 6.07) is 50.3. The zero-order valence-electron chi connectivity index (χ0n) is 27.2. The Kier molecular flexibility index (Phi) is 8.62. The van der Waals surface area contributed by atoms with Crippen LogP contribution >= 0.6 is 0 Å². The third-order valence-electron chi connectivity index (χ3n) is 8.45. The minimum absolute atomic E-state index is 0.617. The third-order valence-corrected chi connectivity index (χ3v) is 8.45. The lowest BCUT2D eigenvalue weighted by Gasteiger charge is -2.12. The average molecular weight is 625 g/mol. The molecule has 6 heteroatoms. The Bertz CT molecular complexity index is 1960. The number of nitrogens with one attached hydrogen (secondary N) is 3. The van der Waals surface area contributed by atoms with Crippen LogP contribution in [-0.2, 0) is 0 Å². The minimum atomic E-state index is 0.617. The number of hydrogen-bond donors (Lipinski definition) is 3. The van der Waals surface area contributed by atoms with E-state index in [0.717, 1.165) is 67.1 Å². The van der Waals surface area contributed by atoms with E-state index in [1.54, 1.807) is 0 Å². The monoisotopic (exact) mass is 624 g/mol. The maximum Gasteiger partial charge on any atom is 0.164 e. The lowest BCUT2D eigenvalue weighted by atomic mass is 10.0. The molecule has 6 aromatic carbocycles. The molecule has 0 bridgehead atoms. The fraction of sp³-hybridized carbons (Fsp3) is 0.0714. The maximum atomic E-state index is 5.08. The highest BCUT2D eigenvalue weighted by Gasteiger charge is 2.15. The molecule has 3 N–H and O–H groups in total. The van der Waals surface area contributed by atoms with E-state index in [1.165, 1.54) is 0 Å². The fourth-order valence-electron chi connectivity index (χ4n) is 5.84. The summed E-state index contributed by atoms with van der Waals surface area (Å²) < 4.78 is 0. The summed E-state index contributed by atoms with van der Waals surface area (Å²) in [7, 11) is 5.80. The van der Waals surface area contributed by atoms with Crippen molar-refractivity contribution in [3.05, 3.63) is 146 Å². The number of hydrogen-bond acceptors (Lipinski definition) is 6. The highest BCUT2D eigenvalue weighted by atomic mass is 15.0.